The third-order valence-corrected chi connectivity index (χ3v) is 3.59. The zero-order valence-corrected chi connectivity index (χ0v) is 10.7. The van der Waals surface area contributed by atoms with Crippen molar-refractivity contribution < 1.29 is 4.74 Å². The Balaban J connectivity index is 2.02. The maximum atomic E-state index is 6.14. The van der Waals surface area contributed by atoms with Gasteiger partial charge in [-0.1, -0.05) is 24.3 Å². The molecule has 1 aliphatic rings. The number of nitrogens with two attached hydrogens (primary N) is 2. The molecule has 0 aliphatic carbocycles. The number of rotatable bonds is 0. The van der Waals surface area contributed by atoms with Gasteiger partial charge in [0, 0.05) is 5.39 Å². The Bertz CT molecular complexity index is 842. The van der Waals surface area contributed by atoms with Crippen LogP contribution in [0.3, 0.4) is 0 Å². The van der Waals surface area contributed by atoms with Gasteiger partial charge in [0.2, 0.25) is 0 Å². The molecule has 3 aromatic rings. The SMILES string of the molecule is Nc1ccc2ccc3c(c2c1N)Nc1ccccc1O3. The second kappa shape index (κ2) is 3.81. The smallest absolute Gasteiger partial charge is 0.151 e. The molecule has 1 aliphatic heterocycles. The van der Waals surface area contributed by atoms with Gasteiger partial charge in [0.05, 0.1) is 22.7 Å². The summed E-state index contributed by atoms with van der Waals surface area (Å²) in [5, 5.41) is 5.32. The monoisotopic (exact) mass is 263 g/mol. The van der Waals surface area contributed by atoms with Gasteiger partial charge in [0.1, 0.15) is 0 Å². The summed E-state index contributed by atoms with van der Waals surface area (Å²) in [4.78, 5) is 0. The van der Waals surface area contributed by atoms with Crippen LogP contribution >= 0.6 is 0 Å². The molecule has 4 heteroatoms. The van der Waals surface area contributed by atoms with Crippen molar-refractivity contribution in [1.29, 1.82) is 0 Å². The van der Waals surface area contributed by atoms with Crippen LogP contribution in [0, 0.1) is 0 Å². The summed E-state index contributed by atoms with van der Waals surface area (Å²) in [5.74, 6) is 1.57. The van der Waals surface area contributed by atoms with Crippen molar-refractivity contribution in [3.63, 3.8) is 0 Å². The number of para-hydroxylation sites is 2. The van der Waals surface area contributed by atoms with Crippen LogP contribution in [0.15, 0.2) is 48.5 Å². The fraction of sp³-hybridized carbons (Fsp3) is 0. The predicted molar refractivity (Wildman–Crippen MR) is 82.6 cm³/mol. The molecule has 1 heterocycles. The molecule has 0 atom stereocenters. The predicted octanol–water partition coefficient (Wildman–Crippen LogP) is 3.85. The zero-order valence-electron chi connectivity index (χ0n) is 10.7. The average molecular weight is 263 g/mol. The fourth-order valence-electron chi connectivity index (χ4n) is 2.56. The molecule has 0 aromatic heterocycles. The molecule has 0 bridgehead atoms. The van der Waals surface area contributed by atoms with Gasteiger partial charge in [-0.25, -0.2) is 0 Å². The van der Waals surface area contributed by atoms with Crippen molar-refractivity contribution in [2.24, 2.45) is 0 Å². The number of anilines is 4. The Morgan fingerprint density at radius 2 is 1.65 bits per heavy atom. The normalized spacial score (nSPS) is 12.2. The highest BCUT2D eigenvalue weighted by Crippen LogP contribution is 2.47. The summed E-state index contributed by atoms with van der Waals surface area (Å²) in [5.41, 5.74) is 15.0. The van der Waals surface area contributed by atoms with E-state index in [9.17, 15) is 0 Å². The van der Waals surface area contributed by atoms with Crippen molar-refractivity contribution >= 4 is 33.5 Å². The van der Waals surface area contributed by atoms with Gasteiger partial charge in [0.25, 0.3) is 0 Å². The Labute approximate surface area is 116 Å². The van der Waals surface area contributed by atoms with E-state index in [1.807, 2.05) is 48.5 Å². The first-order valence-corrected chi connectivity index (χ1v) is 6.38. The molecule has 0 spiro atoms. The summed E-state index contributed by atoms with van der Waals surface area (Å²) < 4.78 is 5.92. The van der Waals surface area contributed by atoms with Crippen LogP contribution < -0.4 is 21.5 Å². The van der Waals surface area contributed by atoms with Crippen molar-refractivity contribution in [2.75, 3.05) is 16.8 Å². The first-order valence-electron chi connectivity index (χ1n) is 6.38. The molecule has 5 N–H and O–H groups in total. The van der Waals surface area contributed by atoms with E-state index in [2.05, 4.69) is 5.32 Å². The molecule has 0 unspecified atom stereocenters. The third-order valence-electron chi connectivity index (χ3n) is 3.59. The lowest BCUT2D eigenvalue weighted by molar-refractivity contribution is 0.482. The summed E-state index contributed by atoms with van der Waals surface area (Å²) in [6.45, 7) is 0. The van der Waals surface area contributed by atoms with E-state index < -0.39 is 0 Å². The van der Waals surface area contributed by atoms with Crippen LogP contribution in [0.4, 0.5) is 22.7 Å². The minimum absolute atomic E-state index is 0.576. The molecule has 4 nitrogen and oxygen atoms in total. The molecule has 0 amide bonds. The van der Waals surface area contributed by atoms with Crippen LogP contribution in [-0.4, -0.2) is 0 Å². The molecular weight excluding hydrogens is 250 g/mol. The van der Waals surface area contributed by atoms with Gasteiger partial charge in [-0.3, -0.25) is 0 Å². The number of nitrogen functional groups attached to an aromatic ring is 2. The van der Waals surface area contributed by atoms with Gasteiger partial charge < -0.3 is 21.5 Å². The van der Waals surface area contributed by atoms with Crippen molar-refractivity contribution in [2.45, 2.75) is 0 Å². The van der Waals surface area contributed by atoms with Crippen LogP contribution in [0.5, 0.6) is 11.5 Å². The summed E-state index contributed by atoms with van der Waals surface area (Å²) in [6.07, 6.45) is 0. The quantitative estimate of drug-likeness (QED) is 0.421. The van der Waals surface area contributed by atoms with E-state index in [4.69, 9.17) is 16.2 Å². The molecule has 98 valence electrons. The first-order chi connectivity index (χ1) is 9.74. The highest BCUT2D eigenvalue weighted by atomic mass is 16.5. The molecule has 0 fully saturated rings. The third kappa shape index (κ3) is 1.42. The van der Waals surface area contributed by atoms with E-state index >= 15 is 0 Å². The lowest BCUT2D eigenvalue weighted by Gasteiger charge is -2.23. The molecular formula is C16H13N3O. The van der Waals surface area contributed by atoms with Crippen LogP contribution in [0.25, 0.3) is 10.8 Å². The van der Waals surface area contributed by atoms with Crippen LogP contribution in [-0.2, 0) is 0 Å². The lowest BCUT2D eigenvalue weighted by atomic mass is 10.0. The number of nitrogens with one attached hydrogen (secondary N) is 1. The highest BCUT2D eigenvalue weighted by molar-refractivity contribution is 6.09. The Kier molecular flexibility index (Phi) is 2.09. The largest absolute Gasteiger partial charge is 0.453 e. The van der Waals surface area contributed by atoms with E-state index in [1.165, 1.54) is 0 Å². The fourth-order valence-corrected chi connectivity index (χ4v) is 2.56. The van der Waals surface area contributed by atoms with Crippen molar-refractivity contribution in [3.05, 3.63) is 48.5 Å². The van der Waals surface area contributed by atoms with Gasteiger partial charge in [0.15, 0.2) is 11.5 Å². The Morgan fingerprint density at radius 3 is 2.55 bits per heavy atom. The van der Waals surface area contributed by atoms with Gasteiger partial charge >= 0.3 is 0 Å². The number of hydrogen-bond donors (Lipinski definition) is 3. The highest BCUT2D eigenvalue weighted by Gasteiger charge is 2.19. The molecule has 0 saturated heterocycles. The van der Waals surface area contributed by atoms with E-state index in [-0.39, 0.29) is 0 Å². The second-order valence-electron chi connectivity index (χ2n) is 4.83. The topological polar surface area (TPSA) is 73.3 Å². The van der Waals surface area contributed by atoms with Crippen molar-refractivity contribution in [3.8, 4) is 11.5 Å². The van der Waals surface area contributed by atoms with Crippen LogP contribution in [0.2, 0.25) is 0 Å². The Hall–Kier alpha value is -2.88. The van der Waals surface area contributed by atoms with E-state index in [0.717, 1.165) is 33.6 Å². The number of ether oxygens (including phenoxy) is 1. The maximum absolute atomic E-state index is 6.14. The molecule has 20 heavy (non-hydrogen) atoms. The zero-order chi connectivity index (χ0) is 13.7. The van der Waals surface area contributed by atoms with E-state index in [0.29, 0.717) is 11.4 Å². The summed E-state index contributed by atoms with van der Waals surface area (Å²) in [7, 11) is 0. The summed E-state index contributed by atoms with van der Waals surface area (Å²) in [6, 6.07) is 15.5. The first kappa shape index (κ1) is 11.0. The molecule has 0 saturated carbocycles. The van der Waals surface area contributed by atoms with Gasteiger partial charge in [-0.15, -0.1) is 0 Å². The standard InChI is InChI=1S/C16H13N3O/c17-10-7-5-9-6-8-13-16(14(9)15(10)18)19-11-3-1-2-4-12(11)20-13/h1-8,19H,17-18H2. The molecule has 3 aromatic carbocycles. The number of hydrogen-bond acceptors (Lipinski definition) is 4. The Morgan fingerprint density at radius 1 is 0.850 bits per heavy atom. The van der Waals surface area contributed by atoms with Crippen molar-refractivity contribution in [1.82, 2.24) is 0 Å². The number of benzene rings is 3. The lowest BCUT2D eigenvalue weighted by Crippen LogP contribution is -2.05. The van der Waals surface area contributed by atoms with Gasteiger partial charge in [-0.2, -0.15) is 0 Å². The van der Waals surface area contributed by atoms with E-state index in [1.54, 1.807) is 0 Å². The number of fused-ring (bicyclic) bond motifs is 4. The minimum atomic E-state index is 0.576. The molecule has 0 radical (unpaired) electrons. The van der Waals surface area contributed by atoms with Gasteiger partial charge in [-0.05, 0) is 29.7 Å². The molecule has 4 rings (SSSR count). The average Bonchev–Trinajstić information content (AvgIpc) is 2.48. The second-order valence-corrected chi connectivity index (χ2v) is 4.83. The maximum Gasteiger partial charge on any atom is 0.151 e. The summed E-state index contributed by atoms with van der Waals surface area (Å²) >= 11 is 0. The van der Waals surface area contributed by atoms with Crippen LogP contribution in [0.1, 0.15) is 0 Å². The minimum Gasteiger partial charge on any atom is -0.453 e.